The summed E-state index contributed by atoms with van der Waals surface area (Å²) >= 11 is 0. The zero-order valence-corrected chi connectivity index (χ0v) is 11.6. The van der Waals surface area contributed by atoms with Crippen molar-refractivity contribution in [3.63, 3.8) is 0 Å². The average molecular weight is 279 g/mol. The van der Waals surface area contributed by atoms with Crippen LogP contribution in [0.5, 0.6) is 0 Å². The van der Waals surface area contributed by atoms with E-state index in [1.54, 1.807) is 6.20 Å². The van der Waals surface area contributed by atoms with E-state index in [0.717, 1.165) is 31.7 Å². The lowest BCUT2D eigenvalue weighted by atomic mass is 10.2. The van der Waals surface area contributed by atoms with Crippen LogP contribution >= 0.6 is 12.4 Å². The number of nitrogens with two attached hydrogens (primary N) is 1. The van der Waals surface area contributed by atoms with Gasteiger partial charge in [-0.1, -0.05) is 12.1 Å². The quantitative estimate of drug-likeness (QED) is 0.932. The zero-order valence-electron chi connectivity index (χ0n) is 10.8. The summed E-state index contributed by atoms with van der Waals surface area (Å²) in [5.41, 5.74) is 8.40. The van der Waals surface area contributed by atoms with E-state index in [-0.39, 0.29) is 12.4 Å². The third kappa shape index (κ3) is 3.35. The molecular weight excluding hydrogens is 260 g/mol. The fourth-order valence-electron chi connectivity index (χ4n) is 2.45. The maximum Gasteiger partial charge on any atom is 0.0991 e. The van der Waals surface area contributed by atoms with Gasteiger partial charge in [0.1, 0.15) is 0 Å². The molecule has 2 aromatic rings. The van der Waals surface area contributed by atoms with Gasteiger partial charge in [-0.05, 0) is 24.1 Å². The fraction of sp³-hybridized carbons (Fsp3) is 0.357. The molecule has 19 heavy (non-hydrogen) atoms. The van der Waals surface area contributed by atoms with E-state index < -0.39 is 0 Å². The molecule has 1 aromatic carbocycles. The van der Waals surface area contributed by atoms with Crippen LogP contribution in [0.4, 0.5) is 0 Å². The van der Waals surface area contributed by atoms with Gasteiger partial charge in [0.25, 0.3) is 0 Å². The number of nitrogens with zero attached hydrogens (tertiary/aromatic N) is 3. The molecule has 2 N–H and O–H groups in total. The van der Waals surface area contributed by atoms with E-state index in [1.165, 1.54) is 5.56 Å². The predicted molar refractivity (Wildman–Crippen MR) is 78.7 cm³/mol. The average Bonchev–Trinajstić information content (AvgIpc) is 3.02. The molecular formula is C14H19ClN4. The number of benzene rings is 1. The highest BCUT2D eigenvalue weighted by atomic mass is 35.5. The van der Waals surface area contributed by atoms with Crippen LogP contribution in [0, 0.1) is 0 Å². The number of imidazole rings is 1. The van der Waals surface area contributed by atoms with Crippen LogP contribution in [0.3, 0.4) is 0 Å². The van der Waals surface area contributed by atoms with Crippen molar-refractivity contribution in [3.05, 3.63) is 48.5 Å². The van der Waals surface area contributed by atoms with Gasteiger partial charge in [-0.3, -0.25) is 4.90 Å². The van der Waals surface area contributed by atoms with Crippen LogP contribution in [0.15, 0.2) is 43.0 Å². The summed E-state index contributed by atoms with van der Waals surface area (Å²) in [7, 11) is 0. The molecule has 0 amide bonds. The first-order valence-electron chi connectivity index (χ1n) is 6.36. The minimum atomic E-state index is 0. The molecule has 3 rings (SSSR count). The first kappa shape index (κ1) is 14.1. The van der Waals surface area contributed by atoms with Crippen LogP contribution in [-0.2, 0) is 6.54 Å². The molecule has 2 heterocycles. The topological polar surface area (TPSA) is 47.1 Å². The molecule has 0 radical (unpaired) electrons. The van der Waals surface area contributed by atoms with Crippen molar-refractivity contribution in [2.75, 3.05) is 13.1 Å². The van der Waals surface area contributed by atoms with Crippen molar-refractivity contribution < 1.29 is 0 Å². The molecule has 102 valence electrons. The van der Waals surface area contributed by atoms with Crippen molar-refractivity contribution in [2.24, 2.45) is 5.73 Å². The molecule has 1 atom stereocenters. The Kier molecular flexibility index (Phi) is 4.58. The van der Waals surface area contributed by atoms with Gasteiger partial charge >= 0.3 is 0 Å². The zero-order chi connectivity index (χ0) is 12.4. The largest absolute Gasteiger partial charge is 0.326 e. The van der Waals surface area contributed by atoms with Crippen LogP contribution in [-0.4, -0.2) is 33.6 Å². The van der Waals surface area contributed by atoms with Crippen LogP contribution < -0.4 is 5.73 Å². The lowest BCUT2D eigenvalue weighted by Crippen LogP contribution is -2.26. The lowest BCUT2D eigenvalue weighted by Gasteiger charge is -2.15. The van der Waals surface area contributed by atoms with Crippen molar-refractivity contribution in [3.8, 4) is 5.69 Å². The number of rotatable bonds is 3. The van der Waals surface area contributed by atoms with E-state index in [1.807, 2.05) is 17.1 Å². The number of halogens is 1. The van der Waals surface area contributed by atoms with Crippen LogP contribution in [0.2, 0.25) is 0 Å². The first-order chi connectivity index (χ1) is 8.81. The molecule has 1 aliphatic heterocycles. The minimum absolute atomic E-state index is 0. The summed E-state index contributed by atoms with van der Waals surface area (Å²) < 4.78 is 2.01. The van der Waals surface area contributed by atoms with Gasteiger partial charge in [0.05, 0.1) is 6.33 Å². The highest BCUT2D eigenvalue weighted by Crippen LogP contribution is 2.14. The summed E-state index contributed by atoms with van der Waals surface area (Å²) in [6, 6.07) is 8.98. The predicted octanol–water partition coefficient (Wildman–Crippen LogP) is 1.83. The molecule has 1 unspecified atom stereocenters. The summed E-state index contributed by atoms with van der Waals surface area (Å²) in [4.78, 5) is 6.47. The molecule has 1 saturated heterocycles. The monoisotopic (exact) mass is 278 g/mol. The number of hydrogen-bond acceptors (Lipinski definition) is 3. The summed E-state index contributed by atoms with van der Waals surface area (Å²) in [5.74, 6) is 0. The number of aromatic nitrogens is 2. The highest BCUT2D eigenvalue weighted by molar-refractivity contribution is 5.85. The van der Waals surface area contributed by atoms with E-state index in [2.05, 4.69) is 34.1 Å². The third-order valence-electron chi connectivity index (χ3n) is 3.45. The van der Waals surface area contributed by atoms with E-state index >= 15 is 0 Å². The molecule has 0 saturated carbocycles. The Hall–Kier alpha value is -1.36. The SMILES string of the molecule is Cl.NC1CCN(Cc2ccc(-n3ccnc3)cc2)C1. The smallest absolute Gasteiger partial charge is 0.0991 e. The minimum Gasteiger partial charge on any atom is -0.326 e. The molecule has 0 aliphatic carbocycles. The lowest BCUT2D eigenvalue weighted by molar-refractivity contribution is 0.327. The van der Waals surface area contributed by atoms with Crippen molar-refractivity contribution in [1.82, 2.24) is 14.5 Å². The Balaban J connectivity index is 0.00000133. The van der Waals surface area contributed by atoms with Gasteiger partial charge in [-0.15, -0.1) is 12.4 Å². The van der Waals surface area contributed by atoms with Crippen LogP contribution in [0.1, 0.15) is 12.0 Å². The van der Waals surface area contributed by atoms with E-state index in [9.17, 15) is 0 Å². The summed E-state index contributed by atoms with van der Waals surface area (Å²) in [6.45, 7) is 3.13. The second-order valence-electron chi connectivity index (χ2n) is 4.92. The van der Waals surface area contributed by atoms with E-state index in [0.29, 0.717) is 6.04 Å². The molecule has 5 heteroatoms. The van der Waals surface area contributed by atoms with Gasteiger partial charge < -0.3 is 10.3 Å². The van der Waals surface area contributed by atoms with Crippen molar-refractivity contribution in [1.29, 1.82) is 0 Å². The Morgan fingerprint density at radius 3 is 2.63 bits per heavy atom. The molecule has 4 nitrogen and oxygen atoms in total. The Bertz CT molecular complexity index is 495. The molecule has 1 aromatic heterocycles. The van der Waals surface area contributed by atoms with Gasteiger partial charge in [-0.25, -0.2) is 4.98 Å². The number of likely N-dealkylation sites (tertiary alicyclic amines) is 1. The standard InChI is InChI=1S/C14H18N4.ClH/c15-13-5-7-17(10-13)9-12-1-3-14(4-2-12)18-8-6-16-11-18;/h1-4,6,8,11,13H,5,7,9-10,15H2;1H. The Labute approximate surface area is 119 Å². The second kappa shape index (κ2) is 6.19. The normalized spacial score (nSPS) is 19.3. The maximum atomic E-state index is 5.92. The third-order valence-corrected chi connectivity index (χ3v) is 3.45. The van der Waals surface area contributed by atoms with Gasteiger partial charge in [0, 0.05) is 43.8 Å². The van der Waals surface area contributed by atoms with Gasteiger partial charge in [-0.2, -0.15) is 0 Å². The van der Waals surface area contributed by atoms with Crippen molar-refractivity contribution >= 4 is 12.4 Å². The fourth-order valence-corrected chi connectivity index (χ4v) is 2.45. The van der Waals surface area contributed by atoms with E-state index in [4.69, 9.17) is 5.73 Å². The second-order valence-corrected chi connectivity index (χ2v) is 4.92. The first-order valence-corrected chi connectivity index (χ1v) is 6.36. The van der Waals surface area contributed by atoms with Crippen LogP contribution in [0.25, 0.3) is 5.69 Å². The summed E-state index contributed by atoms with van der Waals surface area (Å²) in [5, 5.41) is 0. The maximum absolute atomic E-state index is 5.92. The Morgan fingerprint density at radius 2 is 2.05 bits per heavy atom. The van der Waals surface area contributed by atoms with Crippen molar-refractivity contribution in [2.45, 2.75) is 19.0 Å². The highest BCUT2D eigenvalue weighted by Gasteiger charge is 2.18. The molecule has 0 spiro atoms. The molecule has 0 bridgehead atoms. The number of hydrogen-bond donors (Lipinski definition) is 1. The summed E-state index contributed by atoms with van der Waals surface area (Å²) in [6.07, 6.45) is 6.68. The van der Waals surface area contributed by atoms with Gasteiger partial charge in [0.2, 0.25) is 0 Å². The van der Waals surface area contributed by atoms with Gasteiger partial charge in [0.15, 0.2) is 0 Å². The Morgan fingerprint density at radius 1 is 1.26 bits per heavy atom. The molecule has 1 fully saturated rings. The molecule has 1 aliphatic rings.